The third-order valence-corrected chi connectivity index (χ3v) is 6.37. The fourth-order valence-electron chi connectivity index (χ4n) is 2.98. The van der Waals surface area contributed by atoms with Gasteiger partial charge in [0.1, 0.15) is 0 Å². The average molecular weight is 388 g/mol. The van der Waals surface area contributed by atoms with Crippen LogP contribution < -0.4 is 4.90 Å². The third-order valence-electron chi connectivity index (χ3n) is 4.47. The Bertz CT molecular complexity index is 879. The van der Waals surface area contributed by atoms with Crippen LogP contribution in [0.2, 0.25) is 0 Å². The highest BCUT2D eigenvalue weighted by atomic mass is 32.1. The summed E-state index contributed by atoms with van der Waals surface area (Å²) in [4.78, 5) is 24.2. The first kappa shape index (κ1) is 17.6. The molecular weight excluding hydrogens is 366 g/mol. The lowest BCUT2D eigenvalue weighted by atomic mass is 10.2. The molecule has 1 fully saturated rings. The minimum absolute atomic E-state index is 0.0653. The van der Waals surface area contributed by atoms with Crippen molar-refractivity contribution in [3.63, 3.8) is 0 Å². The van der Waals surface area contributed by atoms with Gasteiger partial charge in [0.25, 0.3) is 5.91 Å². The number of anilines is 1. The number of para-hydroxylation sites is 1. The number of ether oxygens (including phenoxy) is 1. The average Bonchev–Trinajstić information content (AvgIpc) is 3.38. The quantitative estimate of drug-likeness (QED) is 0.637. The molecule has 4 rings (SSSR count). The molecule has 1 aliphatic rings. The van der Waals surface area contributed by atoms with Crippen molar-refractivity contribution in [2.75, 3.05) is 18.1 Å². The number of thiazole rings is 2. The van der Waals surface area contributed by atoms with E-state index in [1.165, 1.54) is 11.3 Å². The Labute approximate surface area is 160 Å². The summed E-state index contributed by atoms with van der Waals surface area (Å²) in [5.74, 6) is 0.221. The molecule has 5 nitrogen and oxygen atoms in total. The molecule has 0 unspecified atom stereocenters. The van der Waals surface area contributed by atoms with Crippen molar-refractivity contribution in [3.05, 3.63) is 40.3 Å². The van der Waals surface area contributed by atoms with Gasteiger partial charge < -0.3 is 4.74 Å². The molecule has 1 saturated heterocycles. The molecule has 0 saturated carbocycles. The highest BCUT2D eigenvalue weighted by Gasteiger charge is 2.28. The largest absolute Gasteiger partial charge is 0.376 e. The van der Waals surface area contributed by atoms with Crippen LogP contribution in [-0.2, 0) is 4.74 Å². The van der Waals surface area contributed by atoms with Crippen molar-refractivity contribution in [3.8, 4) is 0 Å². The zero-order valence-corrected chi connectivity index (χ0v) is 16.5. The monoisotopic (exact) mass is 387 g/mol. The van der Waals surface area contributed by atoms with Gasteiger partial charge in [0.15, 0.2) is 10.1 Å². The second kappa shape index (κ2) is 7.42. The van der Waals surface area contributed by atoms with Crippen molar-refractivity contribution in [2.45, 2.75) is 38.7 Å². The molecule has 1 atom stereocenters. The molecule has 1 amide bonds. The van der Waals surface area contributed by atoms with Gasteiger partial charge in [-0.05, 0) is 30.9 Å². The van der Waals surface area contributed by atoms with Crippen molar-refractivity contribution >= 4 is 43.9 Å². The second-order valence-corrected chi connectivity index (χ2v) is 8.61. The number of rotatable bonds is 5. The van der Waals surface area contributed by atoms with E-state index in [0.29, 0.717) is 22.6 Å². The van der Waals surface area contributed by atoms with E-state index < -0.39 is 0 Å². The maximum absolute atomic E-state index is 13.2. The molecule has 1 aromatic carbocycles. The SMILES string of the molecule is CC(C)c1csc(C(=O)N(C[C@@H]2CCCO2)c2nc3ccccc3s2)n1. The standard InChI is InChI=1S/C19H21N3O2S2/c1-12(2)15-11-25-17(20-15)18(23)22(10-13-6-5-9-24-13)19-21-14-7-3-4-8-16(14)26-19/h3-4,7-8,11-13H,5-6,9-10H2,1-2H3/t13-/m0/s1. The van der Waals surface area contributed by atoms with E-state index in [-0.39, 0.29) is 12.0 Å². The Hall–Kier alpha value is -1.83. The van der Waals surface area contributed by atoms with Crippen LogP contribution >= 0.6 is 22.7 Å². The molecule has 0 radical (unpaired) electrons. The molecule has 7 heteroatoms. The first-order chi connectivity index (χ1) is 12.6. The van der Waals surface area contributed by atoms with E-state index in [1.807, 2.05) is 29.6 Å². The molecule has 1 aliphatic heterocycles. The molecule has 26 heavy (non-hydrogen) atoms. The van der Waals surface area contributed by atoms with Gasteiger partial charge >= 0.3 is 0 Å². The van der Waals surface area contributed by atoms with Gasteiger partial charge in [0.2, 0.25) is 0 Å². The number of hydrogen-bond acceptors (Lipinski definition) is 6. The number of carbonyl (C=O) groups is 1. The number of nitrogens with zero attached hydrogens (tertiary/aromatic N) is 3. The van der Waals surface area contributed by atoms with Crippen LogP contribution in [0.25, 0.3) is 10.2 Å². The Morgan fingerprint density at radius 1 is 1.35 bits per heavy atom. The van der Waals surface area contributed by atoms with E-state index in [2.05, 4.69) is 23.8 Å². The lowest BCUT2D eigenvalue weighted by Gasteiger charge is -2.22. The number of aromatic nitrogens is 2. The molecule has 0 N–H and O–H groups in total. The van der Waals surface area contributed by atoms with Crippen molar-refractivity contribution in [2.24, 2.45) is 0 Å². The Morgan fingerprint density at radius 2 is 2.19 bits per heavy atom. The number of carbonyl (C=O) groups excluding carboxylic acids is 1. The Balaban J connectivity index is 1.67. The first-order valence-electron chi connectivity index (χ1n) is 8.86. The summed E-state index contributed by atoms with van der Waals surface area (Å²) in [5, 5.41) is 3.21. The number of amides is 1. The van der Waals surface area contributed by atoms with Crippen LogP contribution in [0.5, 0.6) is 0 Å². The summed E-state index contributed by atoms with van der Waals surface area (Å²) in [6, 6.07) is 7.97. The fraction of sp³-hybridized carbons (Fsp3) is 0.421. The van der Waals surface area contributed by atoms with Crippen LogP contribution in [0.15, 0.2) is 29.6 Å². The number of fused-ring (bicyclic) bond motifs is 1. The van der Waals surface area contributed by atoms with Crippen molar-refractivity contribution in [1.82, 2.24) is 9.97 Å². The van der Waals surface area contributed by atoms with E-state index in [0.717, 1.165) is 35.4 Å². The van der Waals surface area contributed by atoms with Gasteiger partial charge in [-0.1, -0.05) is 37.3 Å². The zero-order valence-electron chi connectivity index (χ0n) is 14.8. The van der Waals surface area contributed by atoms with Gasteiger partial charge in [-0.25, -0.2) is 9.97 Å². The van der Waals surface area contributed by atoms with Gasteiger partial charge in [-0.2, -0.15) is 0 Å². The fourth-order valence-corrected chi connectivity index (χ4v) is 4.88. The van der Waals surface area contributed by atoms with Crippen LogP contribution in [0.1, 0.15) is 48.1 Å². The molecule has 0 spiro atoms. The van der Waals surface area contributed by atoms with Crippen LogP contribution in [0.3, 0.4) is 0 Å². The molecule has 3 heterocycles. The predicted molar refractivity (Wildman–Crippen MR) is 106 cm³/mol. The van der Waals surface area contributed by atoms with Crippen LogP contribution in [-0.4, -0.2) is 35.1 Å². The minimum Gasteiger partial charge on any atom is -0.376 e. The van der Waals surface area contributed by atoms with Gasteiger partial charge in [0.05, 0.1) is 28.6 Å². The summed E-state index contributed by atoms with van der Waals surface area (Å²) >= 11 is 2.95. The van der Waals surface area contributed by atoms with E-state index in [9.17, 15) is 4.79 Å². The van der Waals surface area contributed by atoms with Crippen molar-refractivity contribution < 1.29 is 9.53 Å². The molecular formula is C19H21N3O2S2. The highest BCUT2D eigenvalue weighted by molar-refractivity contribution is 7.22. The van der Waals surface area contributed by atoms with E-state index in [1.54, 1.807) is 16.2 Å². The van der Waals surface area contributed by atoms with Gasteiger partial charge in [-0.15, -0.1) is 11.3 Å². The van der Waals surface area contributed by atoms with Crippen molar-refractivity contribution in [1.29, 1.82) is 0 Å². The first-order valence-corrected chi connectivity index (χ1v) is 10.6. The molecule has 0 aliphatic carbocycles. The van der Waals surface area contributed by atoms with Crippen LogP contribution in [0.4, 0.5) is 5.13 Å². The molecule has 2 aromatic heterocycles. The lowest BCUT2D eigenvalue weighted by molar-refractivity contribution is 0.0917. The predicted octanol–water partition coefficient (Wildman–Crippen LogP) is 4.70. The molecule has 3 aromatic rings. The van der Waals surface area contributed by atoms with E-state index >= 15 is 0 Å². The molecule has 0 bridgehead atoms. The summed E-state index contributed by atoms with van der Waals surface area (Å²) in [6.07, 6.45) is 2.08. The second-order valence-electron chi connectivity index (χ2n) is 6.75. The normalized spacial score (nSPS) is 17.3. The highest BCUT2D eigenvalue weighted by Crippen LogP contribution is 2.31. The van der Waals surface area contributed by atoms with Crippen LogP contribution in [0, 0.1) is 0 Å². The van der Waals surface area contributed by atoms with Gasteiger partial charge in [-0.3, -0.25) is 9.69 Å². The number of benzene rings is 1. The Morgan fingerprint density at radius 3 is 2.88 bits per heavy atom. The maximum atomic E-state index is 13.2. The Kier molecular flexibility index (Phi) is 5.02. The third kappa shape index (κ3) is 3.51. The molecule has 136 valence electrons. The number of hydrogen-bond donors (Lipinski definition) is 0. The topological polar surface area (TPSA) is 55.3 Å². The minimum atomic E-state index is -0.0866. The lowest BCUT2D eigenvalue weighted by Crippen LogP contribution is -2.37. The van der Waals surface area contributed by atoms with E-state index in [4.69, 9.17) is 4.74 Å². The van der Waals surface area contributed by atoms with Gasteiger partial charge in [0, 0.05) is 12.0 Å². The maximum Gasteiger partial charge on any atom is 0.289 e. The summed E-state index contributed by atoms with van der Waals surface area (Å²) < 4.78 is 6.85. The smallest absolute Gasteiger partial charge is 0.289 e. The zero-order chi connectivity index (χ0) is 18.1. The summed E-state index contributed by atoms with van der Waals surface area (Å²) in [5.41, 5.74) is 1.87. The summed E-state index contributed by atoms with van der Waals surface area (Å²) in [7, 11) is 0. The summed E-state index contributed by atoms with van der Waals surface area (Å²) in [6.45, 7) is 5.46.